The van der Waals surface area contributed by atoms with E-state index in [-0.39, 0.29) is 17.9 Å². The van der Waals surface area contributed by atoms with Crippen LogP contribution in [0, 0.1) is 0 Å². The van der Waals surface area contributed by atoms with E-state index >= 15 is 0 Å². The summed E-state index contributed by atoms with van der Waals surface area (Å²) in [4.78, 5) is 19.8. The molecule has 0 heterocycles. The second kappa shape index (κ2) is 9.40. The number of hydrogen-bond acceptors (Lipinski definition) is 5. The molecule has 0 aromatic heterocycles. The molecule has 0 aliphatic rings. The van der Waals surface area contributed by atoms with Crippen molar-refractivity contribution in [2.75, 3.05) is 6.54 Å². The Hall–Kier alpha value is -2.54. The number of rotatable bonds is 5. The Morgan fingerprint density at radius 3 is 2.20 bits per heavy atom. The van der Waals surface area contributed by atoms with Gasteiger partial charge in [-0.2, -0.15) is 0 Å². The standard InChI is InChI=1S/C9H8O4.C4H9NO2/c10-7-3-1-6(5-8(7)11)2-4-9(12)13;5-3-1-2-4(6)7/h1-5,10-11H,(H,12,13);1-3,5H2,(H,6,7). The number of carboxylic acids is 2. The van der Waals surface area contributed by atoms with Gasteiger partial charge in [0.05, 0.1) is 0 Å². The molecule has 0 bridgehead atoms. The number of benzene rings is 1. The monoisotopic (exact) mass is 283 g/mol. The molecule has 0 fully saturated rings. The lowest BCUT2D eigenvalue weighted by atomic mass is 10.2. The van der Waals surface area contributed by atoms with Gasteiger partial charge in [0.2, 0.25) is 0 Å². The van der Waals surface area contributed by atoms with Gasteiger partial charge in [0.1, 0.15) is 0 Å². The minimum Gasteiger partial charge on any atom is -0.504 e. The third-order valence-electron chi connectivity index (χ3n) is 2.01. The van der Waals surface area contributed by atoms with Gasteiger partial charge >= 0.3 is 11.9 Å². The molecule has 20 heavy (non-hydrogen) atoms. The number of carbonyl (C=O) groups is 2. The van der Waals surface area contributed by atoms with Gasteiger partial charge < -0.3 is 26.2 Å². The summed E-state index contributed by atoms with van der Waals surface area (Å²) in [6.45, 7) is 0.465. The first kappa shape index (κ1) is 17.5. The van der Waals surface area contributed by atoms with Crippen LogP contribution in [-0.2, 0) is 9.59 Å². The van der Waals surface area contributed by atoms with Crippen LogP contribution in [-0.4, -0.2) is 38.9 Å². The zero-order valence-electron chi connectivity index (χ0n) is 10.7. The molecule has 1 aromatic rings. The number of nitrogens with two attached hydrogens (primary N) is 1. The van der Waals surface area contributed by atoms with Crippen molar-refractivity contribution >= 4 is 18.0 Å². The predicted molar refractivity (Wildman–Crippen MR) is 72.4 cm³/mol. The molecule has 0 aliphatic carbocycles. The molecule has 0 radical (unpaired) electrons. The summed E-state index contributed by atoms with van der Waals surface area (Å²) in [5.74, 6) is -2.34. The Bertz CT molecular complexity index is 484. The molecule has 0 unspecified atom stereocenters. The molecule has 0 saturated carbocycles. The highest BCUT2D eigenvalue weighted by Crippen LogP contribution is 2.25. The largest absolute Gasteiger partial charge is 0.504 e. The number of aromatic hydroxyl groups is 2. The second-order valence-corrected chi connectivity index (χ2v) is 3.71. The molecule has 0 saturated heterocycles. The van der Waals surface area contributed by atoms with Crippen molar-refractivity contribution in [2.45, 2.75) is 12.8 Å². The fourth-order valence-electron chi connectivity index (χ4n) is 1.06. The molecular weight excluding hydrogens is 266 g/mol. The lowest BCUT2D eigenvalue weighted by Crippen LogP contribution is -2.02. The summed E-state index contributed by atoms with van der Waals surface area (Å²) in [7, 11) is 0. The van der Waals surface area contributed by atoms with Crippen LogP contribution in [0.5, 0.6) is 11.5 Å². The number of carboxylic acid groups (broad SMARTS) is 2. The molecule has 0 spiro atoms. The van der Waals surface area contributed by atoms with Gasteiger partial charge in [-0.3, -0.25) is 4.79 Å². The van der Waals surface area contributed by atoms with Crippen molar-refractivity contribution in [1.82, 2.24) is 0 Å². The van der Waals surface area contributed by atoms with E-state index in [0.29, 0.717) is 18.5 Å². The Balaban J connectivity index is 0.000000441. The fourth-order valence-corrected chi connectivity index (χ4v) is 1.06. The Kier molecular flexibility index (Phi) is 8.20. The predicted octanol–water partition coefficient (Wildman–Crippen LogP) is 1.01. The first-order chi connectivity index (χ1) is 9.36. The molecule has 0 atom stereocenters. The molecule has 0 amide bonds. The topological polar surface area (TPSA) is 141 Å². The van der Waals surface area contributed by atoms with Gasteiger partial charge in [-0.05, 0) is 36.7 Å². The first-order valence-electron chi connectivity index (χ1n) is 5.71. The summed E-state index contributed by atoms with van der Waals surface area (Å²) < 4.78 is 0. The van der Waals surface area contributed by atoms with Crippen LogP contribution in [0.1, 0.15) is 18.4 Å². The van der Waals surface area contributed by atoms with Crippen LogP contribution in [0.25, 0.3) is 6.08 Å². The normalized spacial score (nSPS) is 9.85. The average Bonchev–Trinajstić information content (AvgIpc) is 2.38. The summed E-state index contributed by atoms with van der Waals surface area (Å²) in [5, 5.41) is 34.3. The first-order valence-corrected chi connectivity index (χ1v) is 5.71. The minimum atomic E-state index is -1.06. The minimum absolute atomic E-state index is 0.191. The zero-order chi connectivity index (χ0) is 15.5. The van der Waals surface area contributed by atoms with Gasteiger partial charge in [-0.1, -0.05) is 6.07 Å². The molecule has 6 N–H and O–H groups in total. The van der Waals surface area contributed by atoms with Crippen LogP contribution in [0.2, 0.25) is 0 Å². The van der Waals surface area contributed by atoms with Gasteiger partial charge in [0, 0.05) is 12.5 Å². The van der Waals surface area contributed by atoms with Crippen LogP contribution in [0.15, 0.2) is 24.3 Å². The lowest BCUT2D eigenvalue weighted by molar-refractivity contribution is -0.137. The highest BCUT2D eigenvalue weighted by molar-refractivity contribution is 5.85. The Morgan fingerprint density at radius 2 is 1.80 bits per heavy atom. The SMILES string of the molecule is NCCCC(=O)O.O=C(O)C=Cc1ccc(O)c(O)c1. The summed E-state index contributed by atoms with van der Waals surface area (Å²) in [6.07, 6.45) is 3.04. The fraction of sp³-hybridized carbons (Fsp3) is 0.231. The Morgan fingerprint density at radius 1 is 1.15 bits per heavy atom. The second-order valence-electron chi connectivity index (χ2n) is 3.71. The van der Waals surface area contributed by atoms with Gasteiger partial charge in [-0.25, -0.2) is 4.79 Å². The van der Waals surface area contributed by atoms with Crippen molar-refractivity contribution in [3.8, 4) is 11.5 Å². The number of phenolic OH excluding ortho intramolecular Hbond substituents is 2. The maximum Gasteiger partial charge on any atom is 0.328 e. The molecule has 1 aromatic carbocycles. The smallest absolute Gasteiger partial charge is 0.328 e. The van der Waals surface area contributed by atoms with E-state index in [1.807, 2.05) is 0 Å². The summed E-state index contributed by atoms with van der Waals surface area (Å²) in [5.41, 5.74) is 5.53. The van der Waals surface area contributed by atoms with E-state index < -0.39 is 11.9 Å². The number of phenols is 2. The Labute approximate surface area is 115 Å². The number of aliphatic carboxylic acids is 2. The van der Waals surface area contributed by atoms with Crippen LogP contribution in [0.3, 0.4) is 0 Å². The molecule has 7 nitrogen and oxygen atoms in total. The molecule has 110 valence electrons. The molecule has 1 rings (SSSR count). The van der Waals surface area contributed by atoms with E-state index in [2.05, 4.69) is 0 Å². The van der Waals surface area contributed by atoms with Gasteiger partial charge in [0.15, 0.2) is 11.5 Å². The van der Waals surface area contributed by atoms with Crippen molar-refractivity contribution in [1.29, 1.82) is 0 Å². The highest BCUT2D eigenvalue weighted by Gasteiger charge is 1.97. The van der Waals surface area contributed by atoms with Crippen molar-refractivity contribution in [3.05, 3.63) is 29.8 Å². The third-order valence-corrected chi connectivity index (χ3v) is 2.01. The van der Waals surface area contributed by atoms with E-state index in [0.717, 1.165) is 6.08 Å². The zero-order valence-corrected chi connectivity index (χ0v) is 10.7. The highest BCUT2D eigenvalue weighted by atomic mass is 16.4. The van der Waals surface area contributed by atoms with E-state index in [1.54, 1.807) is 0 Å². The van der Waals surface area contributed by atoms with Gasteiger partial charge in [-0.15, -0.1) is 0 Å². The average molecular weight is 283 g/mol. The lowest BCUT2D eigenvalue weighted by Gasteiger charge is -1.97. The summed E-state index contributed by atoms with van der Waals surface area (Å²) >= 11 is 0. The van der Waals surface area contributed by atoms with E-state index in [4.69, 9.17) is 26.2 Å². The van der Waals surface area contributed by atoms with Crippen molar-refractivity contribution in [2.24, 2.45) is 5.73 Å². The van der Waals surface area contributed by atoms with E-state index in [9.17, 15) is 9.59 Å². The maximum absolute atomic E-state index is 10.1. The number of hydrogen-bond donors (Lipinski definition) is 5. The van der Waals surface area contributed by atoms with Crippen molar-refractivity contribution < 1.29 is 30.0 Å². The summed E-state index contributed by atoms with van der Waals surface area (Å²) in [6, 6.07) is 4.06. The molecule has 0 aliphatic heterocycles. The van der Waals surface area contributed by atoms with Crippen LogP contribution >= 0.6 is 0 Å². The third kappa shape index (κ3) is 8.54. The van der Waals surface area contributed by atoms with Crippen molar-refractivity contribution in [3.63, 3.8) is 0 Å². The van der Waals surface area contributed by atoms with Crippen LogP contribution in [0.4, 0.5) is 0 Å². The van der Waals surface area contributed by atoms with Crippen LogP contribution < -0.4 is 5.73 Å². The quantitative estimate of drug-likeness (QED) is 0.401. The van der Waals surface area contributed by atoms with E-state index in [1.165, 1.54) is 24.3 Å². The molecular formula is C13H17NO6. The maximum atomic E-state index is 10.1. The van der Waals surface area contributed by atoms with Gasteiger partial charge in [0.25, 0.3) is 0 Å². The molecule has 7 heteroatoms.